The molecule has 3 aromatic rings. The summed E-state index contributed by atoms with van der Waals surface area (Å²) in [5.74, 6) is 0.957. The molecular formula is C18H17BrN2O3S. The molecule has 5 nitrogen and oxygen atoms in total. The minimum absolute atomic E-state index is 0.234. The first-order valence-corrected chi connectivity index (χ1v) is 9.48. The van der Waals surface area contributed by atoms with E-state index in [0.29, 0.717) is 35.4 Å². The smallest absolute Gasteiger partial charge is 0.257 e. The zero-order chi connectivity index (χ0) is 17.8. The Morgan fingerprint density at radius 1 is 1.12 bits per heavy atom. The van der Waals surface area contributed by atoms with Gasteiger partial charge < -0.3 is 9.47 Å². The maximum atomic E-state index is 12.5. The summed E-state index contributed by atoms with van der Waals surface area (Å²) in [5.41, 5.74) is 1.34. The van der Waals surface area contributed by atoms with Gasteiger partial charge in [0.15, 0.2) is 16.6 Å². The van der Waals surface area contributed by atoms with Crippen LogP contribution in [-0.2, 0) is 0 Å². The molecule has 25 heavy (non-hydrogen) atoms. The zero-order valence-corrected chi connectivity index (χ0v) is 16.2. The van der Waals surface area contributed by atoms with E-state index >= 15 is 0 Å². The van der Waals surface area contributed by atoms with E-state index < -0.39 is 0 Å². The number of hydrogen-bond donors (Lipinski definition) is 1. The molecule has 0 saturated carbocycles. The van der Waals surface area contributed by atoms with E-state index in [1.807, 2.05) is 32.0 Å². The quantitative estimate of drug-likeness (QED) is 0.601. The normalized spacial score (nSPS) is 10.7. The predicted molar refractivity (Wildman–Crippen MR) is 104 cm³/mol. The van der Waals surface area contributed by atoms with E-state index in [2.05, 4.69) is 26.2 Å². The van der Waals surface area contributed by atoms with E-state index in [1.165, 1.54) is 11.3 Å². The van der Waals surface area contributed by atoms with Crippen LogP contribution in [0.15, 0.2) is 40.9 Å². The third-order valence-electron chi connectivity index (χ3n) is 3.38. The van der Waals surface area contributed by atoms with Gasteiger partial charge in [0.25, 0.3) is 5.91 Å². The topological polar surface area (TPSA) is 60.5 Å². The molecule has 1 heterocycles. The molecule has 1 aromatic heterocycles. The maximum Gasteiger partial charge on any atom is 0.257 e. The Hall–Kier alpha value is -2.12. The Balaban J connectivity index is 1.82. The third kappa shape index (κ3) is 4.11. The largest absolute Gasteiger partial charge is 0.490 e. The number of anilines is 1. The summed E-state index contributed by atoms with van der Waals surface area (Å²) in [6.45, 7) is 4.83. The molecule has 1 N–H and O–H groups in total. The summed E-state index contributed by atoms with van der Waals surface area (Å²) in [4.78, 5) is 17.0. The van der Waals surface area contributed by atoms with Gasteiger partial charge in [0.2, 0.25) is 0 Å². The average Bonchev–Trinajstić information content (AvgIpc) is 2.98. The van der Waals surface area contributed by atoms with Crippen molar-refractivity contribution in [3.8, 4) is 11.5 Å². The fraction of sp³-hybridized carbons (Fsp3) is 0.222. The molecule has 0 atom stereocenters. The lowest BCUT2D eigenvalue weighted by Crippen LogP contribution is -2.12. The molecule has 0 aliphatic heterocycles. The van der Waals surface area contributed by atoms with E-state index in [9.17, 15) is 4.79 Å². The molecular weight excluding hydrogens is 404 g/mol. The Bertz CT molecular complexity index is 910. The van der Waals surface area contributed by atoms with E-state index in [1.54, 1.807) is 18.2 Å². The van der Waals surface area contributed by atoms with Crippen molar-refractivity contribution in [3.05, 3.63) is 46.4 Å². The predicted octanol–water partition coefficient (Wildman–Crippen LogP) is 5.11. The van der Waals surface area contributed by atoms with Crippen molar-refractivity contribution < 1.29 is 14.3 Å². The number of carbonyl (C=O) groups is 1. The fourth-order valence-corrected chi connectivity index (χ4v) is 3.73. The number of carbonyl (C=O) groups excluding carboxylic acids is 1. The summed E-state index contributed by atoms with van der Waals surface area (Å²) >= 11 is 4.87. The summed E-state index contributed by atoms with van der Waals surface area (Å²) < 4.78 is 13.1. The van der Waals surface area contributed by atoms with E-state index in [4.69, 9.17) is 9.47 Å². The number of fused-ring (bicyclic) bond motifs is 1. The number of halogens is 1. The van der Waals surface area contributed by atoms with Gasteiger partial charge in [-0.3, -0.25) is 10.1 Å². The van der Waals surface area contributed by atoms with Gasteiger partial charge in [0.05, 0.1) is 23.4 Å². The Morgan fingerprint density at radius 3 is 2.64 bits per heavy atom. The second kappa shape index (κ2) is 7.84. The second-order valence-corrected chi connectivity index (χ2v) is 7.06. The van der Waals surface area contributed by atoms with Gasteiger partial charge in [-0.1, -0.05) is 27.3 Å². The first-order valence-electron chi connectivity index (χ1n) is 7.87. The number of hydrogen-bond acceptors (Lipinski definition) is 5. The van der Waals surface area contributed by atoms with Crippen molar-refractivity contribution in [2.24, 2.45) is 0 Å². The minimum Gasteiger partial charge on any atom is -0.490 e. The van der Waals surface area contributed by atoms with Crippen molar-refractivity contribution >= 4 is 48.5 Å². The van der Waals surface area contributed by atoms with Crippen LogP contribution in [0.5, 0.6) is 11.5 Å². The van der Waals surface area contributed by atoms with Crippen molar-refractivity contribution in [2.45, 2.75) is 13.8 Å². The Kier molecular flexibility index (Phi) is 5.55. The SMILES string of the molecule is CCOc1ccc(C(=O)Nc2nc3ccc(Br)cc3s2)cc1OCC. The van der Waals surface area contributed by atoms with Crippen LogP contribution < -0.4 is 14.8 Å². The number of thiazole rings is 1. The van der Waals surface area contributed by atoms with E-state index in [0.717, 1.165) is 14.7 Å². The first kappa shape index (κ1) is 17.7. The van der Waals surface area contributed by atoms with Crippen molar-refractivity contribution in [1.29, 1.82) is 0 Å². The lowest BCUT2D eigenvalue weighted by Gasteiger charge is -2.12. The number of amides is 1. The molecule has 0 saturated heterocycles. The van der Waals surface area contributed by atoms with Gasteiger partial charge in [-0.25, -0.2) is 4.98 Å². The van der Waals surface area contributed by atoms with Gasteiger partial charge >= 0.3 is 0 Å². The lowest BCUT2D eigenvalue weighted by molar-refractivity contribution is 0.102. The number of rotatable bonds is 6. The van der Waals surface area contributed by atoms with Gasteiger partial charge in [-0.2, -0.15) is 0 Å². The highest BCUT2D eigenvalue weighted by molar-refractivity contribution is 9.10. The number of aromatic nitrogens is 1. The van der Waals surface area contributed by atoms with Crippen LogP contribution in [0.25, 0.3) is 10.2 Å². The fourth-order valence-electron chi connectivity index (χ4n) is 2.31. The highest BCUT2D eigenvalue weighted by Crippen LogP contribution is 2.31. The van der Waals surface area contributed by atoms with Crippen molar-refractivity contribution in [3.63, 3.8) is 0 Å². The van der Waals surface area contributed by atoms with Gasteiger partial charge in [-0.05, 0) is 50.2 Å². The minimum atomic E-state index is -0.234. The first-order chi connectivity index (χ1) is 12.1. The number of benzene rings is 2. The molecule has 7 heteroatoms. The highest BCUT2D eigenvalue weighted by atomic mass is 79.9. The Labute approximate surface area is 158 Å². The summed E-state index contributed by atoms with van der Waals surface area (Å²) in [5, 5.41) is 3.40. The average molecular weight is 421 g/mol. The number of ether oxygens (including phenoxy) is 2. The van der Waals surface area contributed by atoms with Crippen LogP contribution in [0.3, 0.4) is 0 Å². The molecule has 130 valence electrons. The third-order valence-corrected chi connectivity index (χ3v) is 4.80. The molecule has 0 unspecified atom stereocenters. The molecule has 0 radical (unpaired) electrons. The van der Waals surface area contributed by atoms with Gasteiger partial charge in [0.1, 0.15) is 0 Å². The molecule has 0 bridgehead atoms. The molecule has 0 spiro atoms. The highest BCUT2D eigenvalue weighted by Gasteiger charge is 2.14. The lowest BCUT2D eigenvalue weighted by atomic mass is 10.2. The summed E-state index contributed by atoms with van der Waals surface area (Å²) in [6.07, 6.45) is 0. The molecule has 1 amide bonds. The molecule has 0 fully saturated rings. The zero-order valence-electron chi connectivity index (χ0n) is 13.8. The molecule has 0 aliphatic rings. The van der Waals surface area contributed by atoms with Crippen LogP contribution in [0, 0.1) is 0 Å². The van der Waals surface area contributed by atoms with Gasteiger partial charge in [0, 0.05) is 10.0 Å². The van der Waals surface area contributed by atoms with Crippen molar-refractivity contribution in [1.82, 2.24) is 4.98 Å². The van der Waals surface area contributed by atoms with E-state index in [-0.39, 0.29) is 5.91 Å². The van der Waals surface area contributed by atoms with Crippen LogP contribution in [-0.4, -0.2) is 24.1 Å². The summed E-state index contributed by atoms with van der Waals surface area (Å²) in [7, 11) is 0. The summed E-state index contributed by atoms with van der Waals surface area (Å²) in [6, 6.07) is 11.0. The molecule has 0 aliphatic carbocycles. The monoisotopic (exact) mass is 420 g/mol. The van der Waals surface area contributed by atoms with Crippen LogP contribution in [0.4, 0.5) is 5.13 Å². The number of nitrogens with one attached hydrogen (secondary N) is 1. The Morgan fingerprint density at radius 2 is 1.88 bits per heavy atom. The van der Waals surface area contributed by atoms with Crippen LogP contribution >= 0.6 is 27.3 Å². The van der Waals surface area contributed by atoms with Crippen LogP contribution in [0.1, 0.15) is 24.2 Å². The molecule has 2 aromatic carbocycles. The van der Waals surface area contributed by atoms with Crippen LogP contribution in [0.2, 0.25) is 0 Å². The maximum absolute atomic E-state index is 12.5. The second-order valence-electron chi connectivity index (χ2n) is 5.11. The van der Waals surface area contributed by atoms with Crippen molar-refractivity contribution in [2.75, 3.05) is 18.5 Å². The van der Waals surface area contributed by atoms with Gasteiger partial charge in [-0.15, -0.1) is 0 Å². The number of nitrogens with zero attached hydrogens (tertiary/aromatic N) is 1. The standard InChI is InChI=1S/C18H17BrN2O3S/c1-3-23-14-8-5-11(9-15(14)24-4-2)17(22)21-18-20-13-7-6-12(19)10-16(13)25-18/h5-10H,3-4H2,1-2H3,(H,20,21,22). The molecule has 3 rings (SSSR count).